The van der Waals surface area contributed by atoms with Crippen molar-refractivity contribution >= 4 is 23.2 Å². The maximum absolute atomic E-state index is 12.2. The molecule has 2 N–H and O–H groups in total. The minimum absolute atomic E-state index is 0.101. The van der Waals surface area contributed by atoms with Gasteiger partial charge in [0.25, 0.3) is 5.91 Å². The van der Waals surface area contributed by atoms with E-state index in [-0.39, 0.29) is 12.0 Å². The molecule has 1 heterocycles. The number of carbonyl (C=O) groups is 1. The van der Waals surface area contributed by atoms with Gasteiger partial charge in [-0.15, -0.1) is 0 Å². The van der Waals surface area contributed by atoms with Gasteiger partial charge in [0.1, 0.15) is 0 Å². The fraction of sp³-hybridized carbons (Fsp3) is 0.462. The van der Waals surface area contributed by atoms with Gasteiger partial charge >= 0.3 is 0 Å². The number of nitrogens with two attached hydrogens (primary N) is 1. The lowest BCUT2D eigenvalue weighted by Crippen LogP contribution is -2.34. The number of anilines is 1. The third-order valence-corrected chi connectivity index (χ3v) is 3.38. The van der Waals surface area contributed by atoms with Crippen molar-refractivity contribution in [2.24, 2.45) is 0 Å². The van der Waals surface area contributed by atoms with E-state index in [4.69, 9.17) is 22.1 Å². The van der Waals surface area contributed by atoms with Crippen molar-refractivity contribution in [3.8, 4) is 0 Å². The van der Waals surface area contributed by atoms with E-state index in [0.29, 0.717) is 22.8 Å². The number of ether oxygens (including phenoxy) is 1. The third-order valence-electron chi connectivity index (χ3n) is 3.07. The van der Waals surface area contributed by atoms with Crippen LogP contribution >= 0.6 is 11.6 Å². The van der Waals surface area contributed by atoms with Gasteiger partial charge in [0.2, 0.25) is 0 Å². The van der Waals surface area contributed by atoms with Crippen LogP contribution in [0.3, 0.4) is 0 Å². The molecule has 0 bridgehead atoms. The SMILES string of the molecule is CN(CC1CCCO1)C(=O)c1ccc(N)cc1Cl. The highest BCUT2D eigenvalue weighted by Crippen LogP contribution is 2.21. The van der Waals surface area contributed by atoms with Crippen molar-refractivity contribution in [1.82, 2.24) is 4.90 Å². The van der Waals surface area contributed by atoms with Crippen LogP contribution in [0.1, 0.15) is 23.2 Å². The first-order valence-electron chi connectivity index (χ1n) is 6.00. The molecule has 1 saturated heterocycles. The summed E-state index contributed by atoms with van der Waals surface area (Å²) < 4.78 is 5.51. The van der Waals surface area contributed by atoms with Gasteiger partial charge in [-0.3, -0.25) is 4.79 Å². The third kappa shape index (κ3) is 2.94. The zero-order chi connectivity index (χ0) is 13.1. The highest BCUT2D eigenvalue weighted by molar-refractivity contribution is 6.34. The van der Waals surface area contributed by atoms with Gasteiger partial charge in [0.05, 0.1) is 16.7 Å². The molecule has 0 aliphatic carbocycles. The molecule has 0 saturated carbocycles. The molecule has 5 heteroatoms. The highest BCUT2D eigenvalue weighted by atomic mass is 35.5. The zero-order valence-corrected chi connectivity index (χ0v) is 11.1. The Balaban J connectivity index is 2.05. The van der Waals surface area contributed by atoms with Gasteiger partial charge in [-0.05, 0) is 31.0 Å². The highest BCUT2D eigenvalue weighted by Gasteiger charge is 2.21. The smallest absolute Gasteiger partial charge is 0.255 e. The molecular weight excluding hydrogens is 252 g/mol. The molecule has 4 nitrogen and oxygen atoms in total. The Morgan fingerprint density at radius 2 is 2.39 bits per heavy atom. The molecule has 0 aromatic heterocycles. The van der Waals surface area contributed by atoms with Gasteiger partial charge in [0, 0.05) is 25.9 Å². The molecule has 2 rings (SSSR count). The Kier molecular flexibility index (Phi) is 4.09. The zero-order valence-electron chi connectivity index (χ0n) is 10.4. The summed E-state index contributed by atoms with van der Waals surface area (Å²) >= 11 is 6.03. The average molecular weight is 269 g/mol. The normalized spacial score (nSPS) is 18.9. The van der Waals surface area contributed by atoms with Crippen LogP contribution in [0.4, 0.5) is 5.69 Å². The second-order valence-corrected chi connectivity index (χ2v) is 4.97. The maximum Gasteiger partial charge on any atom is 0.255 e. The maximum atomic E-state index is 12.2. The first-order chi connectivity index (χ1) is 8.58. The molecule has 1 aromatic carbocycles. The number of nitrogens with zero attached hydrogens (tertiary/aromatic N) is 1. The number of likely N-dealkylation sites (N-methyl/N-ethyl adjacent to an activating group) is 1. The molecule has 1 aliphatic rings. The Labute approximate surface area is 112 Å². The first kappa shape index (κ1) is 13.2. The van der Waals surface area contributed by atoms with E-state index in [1.807, 2.05) is 0 Å². The summed E-state index contributed by atoms with van der Waals surface area (Å²) in [7, 11) is 1.76. The fourth-order valence-electron chi connectivity index (χ4n) is 2.09. The predicted octanol–water partition coefficient (Wildman–Crippen LogP) is 2.17. The van der Waals surface area contributed by atoms with Crippen LogP contribution in [0, 0.1) is 0 Å². The monoisotopic (exact) mass is 268 g/mol. The minimum atomic E-state index is -0.101. The molecule has 1 unspecified atom stereocenters. The summed E-state index contributed by atoms with van der Waals surface area (Å²) in [6.07, 6.45) is 2.22. The summed E-state index contributed by atoms with van der Waals surface area (Å²) in [5.74, 6) is -0.101. The Morgan fingerprint density at radius 3 is 3.00 bits per heavy atom. The Hall–Kier alpha value is -1.26. The van der Waals surface area contributed by atoms with E-state index in [9.17, 15) is 4.79 Å². The summed E-state index contributed by atoms with van der Waals surface area (Å²) in [5, 5.41) is 0.388. The standard InChI is InChI=1S/C13H17ClN2O2/c1-16(8-10-3-2-6-18-10)13(17)11-5-4-9(15)7-12(11)14/h4-5,7,10H,2-3,6,8,15H2,1H3. The number of amides is 1. The number of rotatable bonds is 3. The van der Waals surface area contributed by atoms with Crippen LogP contribution in [-0.4, -0.2) is 37.1 Å². The van der Waals surface area contributed by atoms with Crippen LogP contribution in [-0.2, 0) is 4.74 Å². The number of halogens is 1. The van der Waals surface area contributed by atoms with E-state index < -0.39 is 0 Å². The van der Waals surface area contributed by atoms with Gasteiger partial charge in [-0.2, -0.15) is 0 Å². The topological polar surface area (TPSA) is 55.6 Å². The van der Waals surface area contributed by atoms with E-state index in [0.717, 1.165) is 19.4 Å². The second-order valence-electron chi connectivity index (χ2n) is 4.56. The van der Waals surface area contributed by atoms with Gasteiger partial charge < -0.3 is 15.4 Å². The van der Waals surface area contributed by atoms with Crippen molar-refractivity contribution in [1.29, 1.82) is 0 Å². The molecule has 98 valence electrons. The summed E-state index contributed by atoms with van der Waals surface area (Å²) in [5.41, 5.74) is 6.64. The van der Waals surface area contributed by atoms with Gasteiger partial charge in [-0.1, -0.05) is 11.6 Å². The largest absolute Gasteiger partial charge is 0.399 e. The molecule has 1 amide bonds. The summed E-state index contributed by atoms with van der Waals surface area (Å²) in [6.45, 7) is 1.38. The van der Waals surface area contributed by atoms with Crippen LogP contribution in [0.5, 0.6) is 0 Å². The number of carbonyl (C=O) groups excluding carboxylic acids is 1. The number of hydrogen-bond donors (Lipinski definition) is 1. The molecule has 18 heavy (non-hydrogen) atoms. The first-order valence-corrected chi connectivity index (χ1v) is 6.38. The molecule has 1 atom stereocenters. The van der Waals surface area contributed by atoms with Crippen molar-refractivity contribution < 1.29 is 9.53 Å². The summed E-state index contributed by atoms with van der Waals surface area (Å²) in [4.78, 5) is 13.9. The van der Waals surface area contributed by atoms with Crippen LogP contribution in [0.25, 0.3) is 0 Å². The molecule has 1 fully saturated rings. The second kappa shape index (κ2) is 5.59. The lowest BCUT2D eigenvalue weighted by Gasteiger charge is -2.21. The Bertz CT molecular complexity index is 445. The van der Waals surface area contributed by atoms with Gasteiger partial charge in [0.15, 0.2) is 0 Å². The van der Waals surface area contributed by atoms with Crippen LogP contribution in [0.2, 0.25) is 5.02 Å². The predicted molar refractivity (Wildman–Crippen MR) is 71.8 cm³/mol. The van der Waals surface area contributed by atoms with E-state index in [1.54, 1.807) is 30.1 Å². The van der Waals surface area contributed by atoms with Crippen molar-refractivity contribution in [2.45, 2.75) is 18.9 Å². The number of hydrogen-bond acceptors (Lipinski definition) is 3. The molecule has 1 aliphatic heterocycles. The Morgan fingerprint density at radius 1 is 1.61 bits per heavy atom. The lowest BCUT2D eigenvalue weighted by atomic mass is 10.1. The molecular formula is C13H17ClN2O2. The van der Waals surface area contributed by atoms with E-state index in [2.05, 4.69) is 0 Å². The van der Waals surface area contributed by atoms with Gasteiger partial charge in [-0.25, -0.2) is 0 Å². The summed E-state index contributed by atoms with van der Waals surface area (Å²) in [6, 6.07) is 4.93. The van der Waals surface area contributed by atoms with Crippen LogP contribution in [0.15, 0.2) is 18.2 Å². The fourth-order valence-corrected chi connectivity index (χ4v) is 2.36. The molecule has 0 radical (unpaired) electrons. The number of nitrogen functional groups attached to an aromatic ring is 1. The van der Waals surface area contributed by atoms with E-state index in [1.165, 1.54) is 0 Å². The van der Waals surface area contributed by atoms with Crippen LogP contribution < -0.4 is 5.73 Å². The lowest BCUT2D eigenvalue weighted by molar-refractivity contribution is 0.0587. The van der Waals surface area contributed by atoms with Crippen molar-refractivity contribution in [3.05, 3.63) is 28.8 Å². The number of benzene rings is 1. The van der Waals surface area contributed by atoms with Crippen molar-refractivity contribution in [2.75, 3.05) is 25.9 Å². The molecule has 0 spiro atoms. The van der Waals surface area contributed by atoms with E-state index >= 15 is 0 Å². The van der Waals surface area contributed by atoms with Crippen molar-refractivity contribution in [3.63, 3.8) is 0 Å². The molecule has 1 aromatic rings. The quantitative estimate of drug-likeness (QED) is 0.855. The minimum Gasteiger partial charge on any atom is -0.399 e. The average Bonchev–Trinajstić information content (AvgIpc) is 2.81.